The van der Waals surface area contributed by atoms with Gasteiger partial charge >= 0.3 is 0 Å². The zero-order valence-electron chi connectivity index (χ0n) is 15.1. The molecule has 0 aliphatic carbocycles. The van der Waals surface area contributed by atoms with Gasteiger partial charge in [-0.1, -0.05) is 41.9 Å². The first-order chi connectivity index (χ1) is 13.5. The number of rotatable bonds is 4. The predicted octanol–water partition coefficient (Wildman–Crippen LogP) is 3.31. The summed E-state index contributed by atoms with van der Waals surface area (Å²) in [4.78, 5) is 2.38. The van der Waals surface area contributed by atoms with Crippen molar-refractivity contribution in [2.45, 2.75) is 4.90 Å². The van der Waals surface area contributed by atoms with Gasteiger partial charge in [-0.15, -0.1) is 10.2 Å². The van der Waals surface area contributed by atoms with Gasteiger partial charge in [0.05, 0.1) is 10.6 Å². The number of hydrogen-bond acceptors (Lipinski definition) is 5. The smallest absolute Gasteiger partial charge is 0.243 e. The lowest BCUT2D eigenvalue weighted by molar-refractivity contribution is 0.383. The van der Waals surface area contributed by atoms with Crippen LogP contribution in [0, 0.1) is 0 Å². The Kier molecular flexibility index (Phi) is 5.30. The van der Waals surface area contributed by atoms with Crippen LogP contribution in [0.2, 0.25) is 5.02 Å². The number of halogens is 1. The largest absolute Gasteiger partial charge is 0.352 e. The average Bonchev–Trinajstić information content (AvgIpc) is 2.75. The summed E-state index contributed by atoms with van der Waals surface area (Å²) in [6.07, 6.45) is 0. The van der Waals surface area contributed by atoms with Gasteiger partial charge < -0.3 is 4.90 Å². The third-order valence-electron chi connectivity index (χ3n) is 4.73. The molecule has 0 N–H and O–H groups in total. The minimum atomic E-state index is -3.45. The zero-order valence-corrected chi connectivity index (χ0v) is 16.6. The highest BCUT2D eigenvalue weighted by Crippen LogP contribution is 2.22. The van der Waals surface area contributed by atoms with Gasteiger partial charge in [0.25, 0.3) is 0 Å². The summed E-state index contributed by atoms with van der Waals surface area (Å²) in [5.74, 6) is 0.745. The van der Waals surface area contributed by atoms with E-state index < -0.39 is 10.0 Å². The molecule has 1 fully saturated rings. The number of sulfonamides is 1. The SMILES string of the molecule is O=S(=O)(c1ccccc1)N1CCN(c2ccc(-c3ccc(Cl)cc3)nn2)CC1. The van der Waals surface area contributed by atoms with Crippen LogP contribution in [-0.2, 0) is 10.0 Å². The minimum Gasteiger partial charge on any atom is -0.352 e. The first-order valence-corrected chi connectivity index (χ1v) is 10.8. The molecule has 4 rings (SSSR count). The van der Waals surface area contributed by atoms with Gasteiger partial charge in [-0.3, -0.25) is 0 Å². The molecule has 0 atom stereocenters. The Hall–Kier alpha value is -2.48. The van der Waals surface area contributed by atoms with Crippen LogP contribution < -0.4 is 4.90 Å². The van der Waals surface area contributed by atoms with Crippen molar-refractivity contribution >= 4 is 27.4 Å². The van der Waals surface area contributed by atoms with Crippen molar-refractivity contribution in [3.05, 3.63) is 71.8 Å². The molecule has 2 heterocycles. The second-order valence-electron chi connectivity index (χ2n) is 6.49. The van der Waals surface area contributed by atoms with Crippen molar-refractivity contribution in [1.82, 2.24) is 14.5 Å². The molecule has 1 aliphatic heterocycles. The van der Waals surface area contributed by atoms with Gasteiger partial charge in [0, 0.05) is 36.8 Å². The van der Waals surface area contributed by atoms with Crippen molar-refractivity contribution < 1.29 is 8.42 Å². The third-order valence-corrected chi connectivity index (χ3v) is 6.90. The quantitative estimate of drug-likeness (QED) is 0.655. The highest BCUT2D eigenvalue weighted by molar-refractivity contribution is 7.89. The van der Waals surface area contributed by atoms with Gasteiger partial charge in [0.1, 0.15) is 0 Å². The molecule has 8 heteroatoms. The van der Waals surface area contributed by atoms with Gasteiger partial charge in [0.15, 0.2) is 5.82 Å². The van der Waals surface area contributed by atoms with Crippen molar-refractivity contribution in [2.75, 3.05) is 31.1 Å². The lowest BCUT2D eigenvalue weighted by Crippen LogP contribution is -2.48. The Morgan fingerprint density at radius 2 is 1.46 bits per heavy atom. The summed E-state index contributed by atoms with van der Waals surface area (Å²) in [5.41, 5.74) is 1.72. The highest BCUT2D eigenvalue weighted by atomic mass is 35.5. The fourth-order valence-corrected chi connectivity index (χ4v) is 4.74. The second-order valence-corrected chi connectivity index (χ2v) is 8.86. The van der Waals surface area contributed by atoms with Crippen molar-refractivity contribution in [3.63, 3.8) is 0 Å². The molecule has 0 spiro atoms. The molecule has 144 valence electrons. The molecular weight excluding hydrogens is 396 g/mol. The van der Waals surface area contributed by atoms with E-state index in [1.54, 1.807) is 24.3 Å². The van der Waals surface area contributed by atoms with E-state index >= 15 is 0 Å². The van der Waals surface area contributed by atoms with Crippen LogP contribution in [0.4, 0.5) is 5.82 Å². The number of benzene rings is 2. The molecular formula is C20H19ClN4O2S. The zero-order chi connectivity index (χ0) is 19.6. The molecule has 0 amide bonds. The van der Waals surface area contributed by atoms with E-state index in [0.717, 1.165) is 17.1 Å². The summed E-state index contributed by atoms with van der Waals surface area (Å²) in [6.45, 7) is 1.97. The summed E-state index contributed by atoms with van der Waals surface area (Å²) < 4.78 is 27.0. The van der Waals surface area contributed by atoms with Crippen LogP contribution in [0.25, 0.3) is 11.3 Å². The maximum Gasteiger partial charge on any atom is 0.243 e. The average molecular weight is 415 g/mol. The van der Waals surface area contributed by atoms with Crippen LogP contribution in [0.3, 0.4) is 0 Å². The van der Waals surface area contributed by atoms with Crippen LogP contribution in [0.1, 0.15) is 0 Å². The van der Waals surface area contributed by atoms with Gasteiger partial charge in [-0.2, -0.15) is 4.31 Å². The number of hydrogen-bond donors (Lipinski definition) is 0. The molecule has 1 saturated heterocycles. The van der Waals surface area contributed by atoms with Crippen molar-refractivity contribution in [1.29, 1.82) is 0 Å². The van der Waals surface area contributed by atoms with E-state index in [9.17, 15) is 8.42 Å². The molecule has 28 heavy (non-hydrogen) atoms. The van der Waals surface area contributed by atoms with Crippen LogP contribution in [0.5, 0.6) is 0 Å². The van der Waals surface area contributed by atoms with Gasteiger partial charge in [-0.25, -0.2) is 8.42 Å². The Morgan fingerprint density at radius 1 is 0.786 bits per heavy atom. The summed E-state index contributed by atoms with van der Waals surface area (Å²) in [5, 5.41) is 9.30. The number of anilines is 1. The van der Waals surface area contributed by atoms with E-state index in [1.165, 1.54) is 4.31 Å². The Labute approximate surface area is 169 Å². The van der Waals surface area contributed by atoms with E-state index in [0.29, 0.717) is 36.1 Å². The van der Waals surface area contributed by atoms with Crippen molar-refractivity contribution in [2.24, 2.45) is 0 Å². The second kappa shape index (κ2) is 7.87. The Balaban J connectivity index is 1.43. The van der Waals surface area contributed by atoms with Gasteiger partial charge in [-0.05, 0) is 36.4 Å². The van der Waals surface area contributed by atoms with Crippen LogP contribution in [-0.4, -0.2) is 49.1 Å². The first kappa shape index (κ1) is 18.9. The monoisotopic (exact) mass is 414 g/mol. The highest BCUT2D eigenvalue weighted by Gasteiger charge is 2.28. The Morgan fingerprint density at radius 3 is 2.07 bits per heavy atom. The van der Waals surface area contributed by atoms with E-state index in [2.05, 4.69) is 15.1 Å². The molecule has 0 saturated carbocycles. The van der Waals surface area contributed by atoms with E-state index in [1.807, 2.05) is 42.5 Å². The number of nitrogens with zero attached hydrogens (tertiary/aromatic N) is 4. The molecule has 2 aromatic carbocycles. The standard InChI is InChI=1S/C20H19ClN4O2S/c21-17-8-6-16(7-9-17)19-10-11-20(23-22-19)24-12-14-25(15-13-24)28(26,27)18-4-2-1-3-5-18/h1-11H,12-15H2. The molecule has 6 nitrogen and oxygen atoms in total. The summed E-state index contributed by atoms with van der Waals surface area (Å²) in [7, 11) is -3.45. The molecule has 0 radical (unpaired) electrons. The summed E-state index contributed by atoms with van der Waals surface area (Å²) >= 11 is 5.92. The fourth-order valence-electron chi connectivity index (χ4n) is 3.17. The maximum atomic E-state index is 12.7. The molecule has 1 aromatic heterocycles. The lowest BCUT2D eigenvalue weighted by Gasteiger charge is -2.34. The first-order valence-electron chi connectivity index (χ1n) is 8.94. The topological polar surface area (TPSA) is 66.4 Å². The third kappa shape index (κ3) is 3.87. The Bertz CT molecular complexity index is 1030. The molecule has 1 aliphatic rings. The van der Waals surface area contributed by atoms with E-state index in [4.69, 9.17) is 11.6 Å². The predicted molar refractivity (Wildman–Crippen MR) is 110 cm³/mol. The lowest BCUT2D eigenvalue weighted by atomic mass is 10.1. The maximum absolute atomic E-state index is 12.7. The fraction of sp³-hybridized carbons (Fsp3) is 0.200. The molecule has 0 bridgehead atoms. The summed E-state index contributed by atoms with van der Waals surface area (Å²) in [6, 6.07) is 19.8. The van der Waals surface area contributed by atoms with Crippen molar-refractivity contribution in [3.8, 4) is 11.3 Å². The number of aromatic nitrogens is 2. The molecule has 3 aromatic rings. The normalized spacial score (nSPS) is 15.5. The molecule has 0 unspecified atom stereocenters. The minimum absolute atomic E-state index is 0.329. The van der Waals surface area contributed by atoms with Crippen LogP contribution >= 0.6 is 11.6 Å². The van der Waals surface area contributed by atoms with E-state index in [-0.39, 0.29) is 0 Å². The van der Waals surface area contributed by atoms with Crippen LogP contribution in [0.15, 0.2) is 71.6 Å². The van der Waals surface area contributed by atoms with Gasteiger partial charge in [0.2, 0.25) is 10.0 Å². The number of piperazine rings is 1.